The molecule has 4 heteroatoms. The summed E-state index contributed by atoms with van der Waals surface area (Å²) in [6, 6.07) is 4.63. The molecule has 0 radical (unpaired) electrons. The lowest BCUT2D eigenvalue weighted by atomic mass is 9.98. The second kappa shape index (κ2) is 6.15. The molecule has 1 aromatic rings. The van der Waals surface area contributed by atoms with E-state index in [4.69, 9.17) is 5.11 Å². The number of hydrogen-bond donors (Lipinski definition) is 1. The van der Waals surface area contributed by atoms with Crippen LogP contribution in [0.15, 0.2) is 18.2 Å². The first-order valence-electron chi connectivity index (χ1n) is 6.81. The van der Waals surface area contributed by atoms with E-state index in [2.05, 4.69) is 0 Å². The first-order chi connectivity index (χ1) is 9.13. The molecule has 104 valence electrons. The number of carbonyl (C=O) groups excluding carboxylic acids is 1. The molecule has 1 fully saturated rings. The summed E-state index contributed by atoms with van der Waals surface area (Å²) in [5, 5.41) is 9.08. The number of hydrogen-bond acceptors (Lipinski definition) is 2. The fourth-order valence-electron chi connectivity index (χ4n) is 2.67. The van der Waals surface area contributed by atoms with Crippen molar-refractivity contribution in [3.05, 3.63) is 35.1 Å². The molecule has 3 nitrogen and oxygen atoms in total. The third kappa shape index (κ3) is 3.13. The Hall–Kier alpha value is -1.42. The lowest BCUT2D eigenvalue weighted by molar-refractivity contribution is 0.0570. The number of halogens is 1. The molecule has 0 spiro atoms. The van der Waals surface area contributed by atoms with Crippen molar-refractivity contribution in [1.29, 1.82) is 0 Å². The van der Waals surface area contributed by atoms with Crippen LogP contribution in [0.5, 0.6) is 0 Å². The van der Waals surface area contributed by atoms with Crippen LogP contribution in [-0.2, 0) is 0 Å². The molecule has 1 aromatic carbocycles. The Bertz CT molecular complexity index is 459. The van der Waals surface area contributed by atoms with Gasteiger partial charge in [-0.25, -0.2) is 4.39 Å². The van der Waals surface area contributed by atoms with Gasteiger partial charge in [-0.1, -0.05) is 11.6 Å². The molecule has 1 heterocycles. The first kappa shape index (κ1) is 14.0. The topological polar surface area (TPSA) is 40.5 Å². The van der Waals surface area contributed by atoms with Crippen molar-refractivity contribution in [2.45, 2.75) is 38.6 Å². The van der Waals surface area contributed by atoms with Gasteiger partial charge in [-0.15, -0.1) is 0 Å². The molecule has 19 heavy (non-hydrogen) atoms. The van der Waals surface area contributed by atoms with E-state index in [0.29, 0.717) is 13.0 Å². The van der Waals surface area contributed by atoms with E-state index in [-0.39, 0.29) is 24.1 Å². The quantitative estimate of drug-likeness (QED) is 0.912. The summed E-state index contributed by atoms with van der Waals surface area (Å²) in [6.07, 6.45) is 3.46. The van der Waals surface area contributed by atoms with Crippen LogP contribution in [0.3, 0.4) is 0 Å². The van der Waals surface area contributed by atoms with E-state index < -0.39 is 5.82 Å². The SMILES string of the molecule is Cc1ccc(F)c(C(=O)N2CCCCC2CCO)c1. The maximum absolute atomic E-state index is 13.8. The molecule has 1 saturated heterocycles. The Morgan fingerprint density at radius 1 is 1.47 bits per heavy atom. The van der Waals surface area contributed by atoms with Crippen LogP contribution in [0.25, 0.3) is 0 Å². The van der Waals surface area contributed by atoms with E-state index in [1.165, 1.54) is 6.07 Å². The average Bonchev–Trinajstić information content (AvgIpc) is 2.42. The maximum Gasteiger partial charge on any atom is 0.257 e. The van der Waals surface area contributed by atoms with Crippen LogP contribution in [-0.4, -0.2) is 35.1 Å². The molecule has 0 saturated carbocycles. The van der Waals surface area contributed by atoms with Crippen molar-refractivity contribution in [1.82, 2.24) is 4.90 Å². The number of benzene rings is 1. The Labute approximate surface area is 113 Å². The van der Waals surface area contributed by atoms with E-state index in [9.17, 15) is 9.18 Å². The zero-order valence-electron chi connectivity index (χ0n) is 11.2. The van der Waals surface area contributed by atoms with Gasteiger partial charge >= 0.3 is 0 Å². The number of amides is 1. The summed E-state index contributed by atoms with van der Waals surface area (Å²) >= 11 is 0. The van der Waals surface area contributed by atoms with Crippen LogP contribution >= 0.6 is 0 Å². The highest BCUT2D eigenvalue weighted by Gasteiger charge is 2.28. The standard InChI is InChI=1S/C15H20FNO2/c1-11-5-6-14(16)13(10-11)15(19)17-8-3-2-4-12(17)7-9-18/h5-6,10,12,18H,2-4,7-9H2,1H3. The van der Waals surface area contributed by atoms with Crippen LogP contribution in [0, 0.1) is 12.7 Å². The van der Waals surface area contributed by atoms with Crippen molar-refractivity contribution < 1.29 is 14.3 Å². The van der Waals surface area contributed by atoms with Gasteiger partial charge < -0.3 is 10.0 Å². The lowest BCUT2D eigenvalue weighted by Gasteiger charge is -2.35. The third-order valence-corrected chi connectivity index (χ3v) is 3.70. The van der Waals surface area contributed by atoms with Crippen LogP contribution in [0.2, 0.25) is 0 Å². The number of aliphatic hydroxyl groups is 1. The number of nitrogens with zero attached hydrogens (tertiary/aromatic N) is 1. The molecule has 2 rings (SSSR count). The minimum absolute atomic E-state index is 0.0335. The maximum atomic E-state index is 13.8. The van der Waals surface area contributed by atoms with E-state index in [1.807, 2.05) is 6.92 Å². The Balaban J connectivity index is 2.23. The number of aliphatic hydroxyl groups excluding tert-OH is 1. The first-order valence-corrected chi connectivity index (χ1v) is 6.81. The summed E-state index contributed by atoms with van der Waals surface area (Å²) < 4.78 is 13.8. The molecule has 1 N–H and O–H groups in total. The normalized spacial score (nSPS) is 19.5. The number of rotatable bonds is 3. The molecule has 0 bridgehead atoms. The average molecular weight is 265 g/mol. The highest BCUT2D eigenvalue weighted by molar-refractivity contribution is 5.95. The molecule has 0 aromatic heterocycles. The summed E-state index contributed by atoms with van der Waals surface area (Å²) in [7, 11) is 0. The Morgan fingerprint density at radius 3 is 3.00 bits per heavy atom. The largest absolute Gasteiger partial charge is 0.396 e. The summed E-state index contributed by atoms with van der Waals surface area (Å²) in [4.78, 5) is 14.2. The Kier molecular flexibility index (Phi) is 4.53. The smallest absolute Gasteiger partial charge is 0.257 e. The summed E-state index contributed by atoms with van der Waals surface area (Å²) in [6.45, 7) is 2.55. The Morgan fingerprint density at radius 2 is 2.26 bits per heavy atom. The number of aryl methyl sites for hydroxylation is 1. The zero-order chi connectivity index (χ0) is 13.8. The second-order valence-corrected chi connectivity index (χ2v) is 5.14. The molecule has 1 unspecified atom stereocenters. The highest BCUT2D eigenvalue weighted by atomic mass is 19.1. The fourth-order valence-corrected chi connectivity index (χ4v) is 2.67. The molecular formula is C15H20FNO2. The van der Waals surface area contributed by atoms with Gasteiger partial charge in [0, 0.05) is 19.2 Å². The minimum atomic E-state index is -0.469. The van der Waals surface area contributed by atoms with Crippen molar-refractivity contribution in [2.75, 3.05) is 13.2 Å². The van der Waals surface area contributed by atoms with Gasteiger partial charge in [0.1, 0.15) is 5.82 Å². The fraction of sp³-hybridized carbons (Fsp3) is 0.533. The molecule has 1 amide bonds. The summed E-state index contributed by atoms with van der Waals surface area (Å²) in [5.74, 6) is -0.719. The van der Waals surface area contributed by atoms with Gasteiger partial charge in [0.05, 0.1) is 5.56 Å². The predicted octanol–water partition coefficient (Wildman–Crippen LogP) is 2.51. The zero-order valence-corrected chi connectivity index (χ0v) is 11.2. The third-order valence-electron chi connectivity index (χ3n) is 3.70. The van der Waals surface area contributed by atoms with E-state index >= 15 is 0 Å². The van der Waals surface area contributed by atoms with Gasteiger partial charge in [-0.2, -0.15) is 0 Å². The van der Waals surface area contributed by atoms with Gasteiger partial charge in [0.25, 0.3) is 5.91 Å². The van der Waals surface area contributed by atoms with Gasteiger partial charge in [0.2, 0.25) is 0 Å². The van der Waals surface area contributed by atoms with Crippen LogP contribution in [0.1, 0.15) is 41.6 Å². The minimum Gasteiger partial charge on any atom is -0.396 e. The molecular weight excluding hydrogens is 245 g/mol. The molecule has 1 aliphatic rings. The van der Waals surface area contributed by atoms with Crippen LogP contribution in [0.4, 0.5) is 4.39 Å². The van der Waals surface area contributed by atoms with Gasteiger partial charge in [-0.05, 0) is 44.7 Å². The van der Waals surface area contributed by atoms with Crippen molar-refractivity contribution >= 4 is 5.91 Å². The van der Waals surface area contributed by atoms with E-state index in [1.54, 1.807) is 17.0 Å². The number of carbonyl (C=O) groups is 1. The van der Waals surface area contributed by atoms with Crippen molar-refractivity contribution in [3.63, 3.8) is 0 Å². The molecule has 1 atom stereocenters. The highest BCUT2D eigenvalue weighted by Crippen LogP contribution is 2.23. The van der Waals surface area contributed by atoms with E-state index in [0.717, 1.165) is 24.8 Å². The second-order valence-electron chi connectivity index (χ2n) is 5.14. The van der Waals surface area contributed by atoms with Crippen LogP contribution < -0.4 is 0 Å². The van der Waals surface area contributed by atoms with Crippen molar-refractivity contribution in [2.24, 2.45) is 0 Å². The molecule has 0 aliphatic carbocycles. The van der Waals surface area contributed by atoms with Gasteiger partial charge in [-0.3, -0.25) is 4.79 Å². The number of piperidine rings is 1. The monoisotopic (exact) mass is 265 g/mol. The number of likely N-dealkylation sites (tertiary alicyclic amines) is 1. The summed E-state index contributed by atoms with van der Waals surface area (Å²) in [5.41, 5.74) is 1.02. The predicted molar refractivity (Wildman–Crippen MR) is 71.5 cm³/mol. The van der Waals surface area contributed by atoms with Crippen molar-refractivity contribution in [3.8, 4) is 0 Å². The lowest BCUT2D eigenvalue weighted by Crippen LogP contribution is -2.44. The molecule has 1 aliphatic heterocycles. The van der Waals surface area contributed by atoms with Gasteiger partial charge in [0.15, 0.2) is 0 Å².